The Labute approximate surface area is 211 Å². The van der Waals surface area contributed by atoms with Crippen molar-refractivity contribution in [2.24, 2.45) is 0 Å². The lowest BCUT2D eigenvalue weighted by Gasteiger charge is -2.12. The predicted octanol–water partition coefficient (Wildman–Crippen LogP) is 3.71. The van der Waals surface area contributed by atoms with E-state index in [-0.39, 0.29) is 36.0 Å². The molecule has 11 nitrogen and oxygen atoms in total. The second kappa shape index (κ2) is 11.0. The average molecular weight is 502 g/mol. The van der Waals surface area contributed by atoms with E-state index in [1.165, 1.54) is 37.5 Å². The van der Waals surface area contributed by atoms with Gasteiger partial charge < -0.3 is 20.1 Å². The summed E-state index contributed by atoms with van der Waals surface area (Å²) in [7, 11) is 1.42. The van der Waals surface area contributed by atoms with Crippen molar-refractivity contribution in [2.75, 3.05) is 19.0 Å². The molecule has 2 N–H and O–H groups in total. The largest absolute Gasteiger partial charge is 0.493 e. The number of ether oxygens (including phenoxy) is 2. The second-order valence-electron chi connectivity index (χ2n) is 7.92. The number of hydrogen-bond donors (Lipinski definition) is 2. The Hall–Kier alpha value is -5.19. The monoisotopic (exact) mass is 502 g/mol. The van der Waals surface area contributed by atoms with Crippen molar-refractivity contribution in [3.05, 3.63) is 99.7 Å². The molecule has 0 unspecified atom stereocenters. The average Bonchev–Trinajstić information content (AvgIpc) is 3.15. The van der Waals surface area contributed by atoms with E-state index in [2.05, 4.69) is 10.6 Å². The Balaban J connectivity index is 1.41. The van der Waals surface area contributed by atoms with E-state index in [0.29, 0.717) is 11.3 Å². The maximum Gasteiger partial charge on any atom is 0.329 e. The number of imide groups is 1. The molecule has 0 spiro atoms. The fourth-order valence-corrected chi connectivity index (χ4v) is 3.58. The van der Waals surface area contributed by atoms with Crippen LogP contribution >= 0.6 is 0 Å². The number of carbonyl (C=O) groups is 3. The van der Waals surface area contributed by atoms with Gasteiger partial charge in [-0.25, -0.2) is 4.79 Å². The van der Waals surface area contributed by atoms with E-state index in [1.807, 2.05) is 30.3 Å². The minimum Gasteiger partial charge on any atom is -0.493 e. The molecule has 3 aromatic rings. The molecule has 0 radical (unpaired) electrons. The van der Waals surface area contributed by atoms with E-state index in [0.717, 1.165) is 10.5 Å². The van der Waals surface area contributed by atoms with Crippen molar-refractivity contribution in [1.82, 2.24) is 10.2 Å². The first-order chi connectivity index (χ1) is 17.8. The zero-order valence-corrected chi connectivity index (χ0v) is 19.7. The fraction of sp³-hybridized carbons (Fsp3) is 0.115. The number of anilines is 1. The summed E-state index contributed by atoms with van der Waals surface area (Å²) >= 11 is 0. The number of amides is 4. The van der Waals surface area contributed by atoms with Gasteiger partial charge in [0.1, 0.15) is 5.70 Å². The molecule has 188 valence electrons. The molecule has 0 aliphatic carbocycles. The number of nitro benzene ring substituents is 1. The van der Waals surface area contributed by atoms with Crippen molar-refractivity contribution in [3.63, 3.8) is 0 Å². The standard InChI is InChI=1S/C26H22N4O7/c1-36-23-13-18(12-21-25(32)29(26(33)28-21)15-17-6-3-2-4-7-17)10-11-22(23)37-16-24(31)27-19-8-5-9-20(14-19)30(34)35/h2-14H,15-16H2,1H3,(H,27,31)(H,28,33)/b21-12-. The van der Waals surface area contributed by atoms with Crippen LogP contribution in [0.1, 0.15) is 11.1 Å². The maximum atomic E-state index is 12.8. The van der Waals surface area contributed by atoms with Crippen LogP contribution in [-0.4, -0.2) is 41.4 Å². The minimum atomic E-state index is -0.556. The molecule has 4 rings (SSSR count). The number of urea groups is 1. The topological polar surface area (TPSA) is 140 Å². The van der Waals surface area contributed by atoms with Gasteiger partial charge in [-0.15, -0.1) is 0 Å². The summed E-state index contributed by atoms with van der Waals surface area (Å²) in [6, 6.07) is 19.0. The first-order valence-electron chi connectivity index (χ1n) is 11.1. The number of nitrogens with one attached hydrogen (secondary N) is 2. The van der Waals surface area contributed by atoms with Crippen LogP contribution in [-0.2, 0) is 16.1 Å². The summed E-state index contributed by atoms with van der Waals surface area (Å²) in [6.07, 6.45) is 1.52. The molecule has 1 heterocycles. The van der Waals surface area contributed by atoms with E-state index in [1.54, 1.807) is 18.2 Å². The first kappa shape index (κ1) is 24.9. The number of non-ortho nitro benzene ring substituents is 1. The van der Waals surface area contributed by atoms with E-state index >= 15 is 0 Å². The molecular weight excluding hydrogens is 480 g/mol. The van der Waals surface area contributed by atoms with Gasteiger partial charge in [0.2, 0.25) is 0 Å². The van der Waals surface area contributed by atoms with Crippen molar-refractivity contribution < 1.29 is 28.8 Å². The number of benzene rings is 3. The minimum absolute atomic E-state index is 0.119. The summed E-state index contributed by atoms with van der Waals surface area (Å²) < 4.78 is 10.9. The van der Waals surface area contributed by atoms with Gasteiger partial charge in [-0.05, 0) is 35.4 Å². The third-order valence-corrected chi connectivity index (χ3v) is 5.34. The predicted molar refractivity (Wildman–Crippen MR) is 134 cm³/mol. The maximum absolute atomic E-state index is 12.8. The van der Waals surface area contributed by atoms with Crippen LogP contribution in [0.5, 0.6) is 11.5 Å². The summed E-state index contributed by atoms with van der Waals surface area (Å²) in [5, 5.41) is 16.0. The highest BCUT2D eigenvalue weighted by molar-refractivity contribution is 6.13. The van der Waals surface area contributed by atoms with Crippen molar-refractivity contribution in [3.8, 4) is 11.5 Å². The SMILES string of the molecule is COc1cc(/C=C2\NC(=O)N(Cc3ccccc3)C2=O)ccc1OCC(=O)Nc1cccc([N+](=O)[O-])c1. The molecule has 1 fully saturated rings. The fourth-order valence-electron chi connectivity index (χ4n) is 3.58. The zero-order valence-electron chi connectivity index (χ0n) is 19.7. The van der Waals surface area contributed by atoms with Crippen molar-refractivity contribution in [2.45, 2.75) is 6.54 Å². The van der Waals surface area contributed by atoms with Crippen LogP contribution in [0, 0.1) is 10.1 Å². The Morgan fingerprint density at radius 3 is 2.57 bits per heavy atom. The van der Waals surface area contributed by atoms with Gasteiger partial charge in [0, 0.05) is 17.8 Å². The highest BCUT2D eigenvalue weighted by Crippen LogP contribution is 2.29. The molecule has 11 heteroatoms. The molecule has 0 atom stereocenters. The number of hydrogen-bond acceptors (Lipinski definition) is 7. The molecule has 1 aliphatic rings. The third kappa shape index (κ3) is 6.09. The normalized spacial score (nSPS) is 13.9. The van der Waals surface area contributed by atoms with Gasteiger partial charge in [-0.1, -0.05) is 42.5 Å². The number of nitrogens with zero attached hydrogens (tertiary/aromatic N) is 2. The van der Waals surface area contributed by atoms with E-state index in [9.17, 15) is 24.5 Å². The Morgan fingerprint density at radius 1 is 1.05 bits per heavy atom. The molecule has 1 saturated heterocycles. The molecule has 4 amide bonds. The first-order valence-corrected chi connectivity index (χ1v) is 11.1. The second-order valence-corrected chi connectivity index (χ2v) is 7.92. The summed E-state index contributed by atoms with van der Waals surface area (Å²) in [4.78, 5) is 48.8. The van der Waals surface area contributed by atoms with Gasteiger partial charge in [0.25, 0.3) is 17.5 Å². The Morgan fingerprint density at radius 2 is 1.84 bits per heavy atom. The van der Waals surface area contributed by atoms with Crippen LogP contribution in [0.3, 0.4) is 0 Å². The molecule has 0 saturated carbocycles. The van der Waals surface area contributed by atoms with Gasteiger partial charge in [0.15, 0.2) is 18.1 Å². The van der Waals surface area contributed by atoms with Crippen molar-refractivity contribution in [1.29, 1.82) is 0 Å². The van der Waals surface area contributed by atoms with Gasteiger partial charge >= 0.3 is 6.03 Å². The summed E-state index contributed by atoms with van der Waals surface area (Å²) in [5.41, 5.74) is 1.62. The number of rotatable bonds is 9. The smallest absolute Gasteiger partial charge is 0.329 e. The quantitative estimate of drug-likeness (QED) is 0.197. The number of methoxy groups -OCH3 is 1. The molecule has 0 aromatic heterocycles. The lowest BCUT2D eigenvalue weighted by Crippen LogP contribution is -2.30. The molecule has 3 aromatic carbocycles. The van der Waals surface area contributed by atoms with Gasteiger partial charge in [0.05, 0.1) is 18.6 Å². The lowest BCUT2D eigenvalue weighted by atomic mass is 10.1. The lowest BCUT2D eigenvalue weighted by molar-refractivity contribution is -0.384. The van der Waals surface area contributed by atoms with Crippen LogP contribution in [0.15, 0.2) is 78.5 Å². The summed E-state index contributed by atoms with van der Waals surface area (Å²) in [5.74, 6) is -0.403. The molecular formula is C26H22N4O7. The Kier molecular flexibility index (Phi) is 7.43. The van der Waals surface area contributed by atoms with E-state index in [4.69, 9.17) is 9.47 Å². The van der Waals surface area contributed by atoms with Crippen LogP contribution in [0.25, 0.3) is 6.08 Å². The van der Waals surface area contributed by atoms with Crippen molar-refractivity contribution >= 4 is 35.3 Å². The number of carbonyl (C=O) groups excluding carboxylic acids is 3. The molecule has 37 heavy (non-hydrogen) atoms. The van der Waals surface area contributed by atoms with Crippen LogP contribution < -0.4 is 20.1 Å². The van der Waals surface area contributed by atoms with E-state index < -0.39 is 22.8 Å². The zero-order chi connectivity index (χ0) is 26.4. The van der Waals surface area contributed by atoms with Crippen LogP contribution in [0.2, 0.25) is 0 Å². The van der Waals surface area contributed by atoms with Crippen LogP contribution in [0.4, 0.5) is 16.2 Å². The molecule has 0 bridgehead atoms. The highest BCUT2D eigenvalue weighted by atomic mass is 16.6. The van der Waals surface area contributed by atoms with Gasteiger partial charge in [-0.2, -0.15) is 0 Å². The third-order valence-electron chi connectivity index (χ3n) is 5.34. The number of nitro groups is 1. The van der Waals surface area contributed by atoms with Gasteiger partial charge in [-0.3, -0.25) is 24.6 Å². The molecule has 1 aliphatic heterocycles. The summed E-state index contributed by atoms with van der Waals surface area (Å²) in [6.45, 7) is -0.222. The Bertz CT molecular complexity index is 1390. The highest BCUT2D eigenvalue weighted by Gasteiger charge is 2.33.